The van der Waals surface area contributed by atoms with Crippen LogP contribution in [-0.4, -0.2) is 19.0 Å². The normalized spacial score (nSPS) is 14.8. The van der Waals surface area contributed by atoms with Crippen LogP contribution in [0.25, 0.3) is 0 Å². The number of hydrogen-bond acceptors (Lipinski definition) is 2. The zero-order valence-corrected chi connectivity index (χ0v) is 10.3. The standard InChI is InChI=1S/C11H13ClN2O.ClH/c12-10-4-2-1-3-8(10)7-14-11(15)9-5-13-6-9;/h1-4,9,13H,5-7H2,(H,14,15);1H. The molecule has 0 atom stereocenters. The molecule has 1 fully saturated rings. The molecule has 1 aliphatic heterocycles. The topological polar surface area (TPSA) is 41.1 Å². The molecule has 16 heavy (non-hydrogen) atoms. The van der Waals surface area contributed by atoms with Gasteiger partial charge in [-0.2, -0.15) is 0 Å². The van der Waals surface area contributed by atoms with Crippen LogP contribution < -0.4 is 10.6 Å². The molecule has 0 aromatic heterocycles. The summed E-state index contributed by atoms with van der Waals surface area (Å²) in [6.45, 7) is 2.08. The van der Waals surface area contributed by atoms with Crippen molar-refractivity contribution in [1.82, 2.24) is 10.6 Å². The summed E-state index contributed by atoms with van der Waals surface area (Å²) < 4.78 is 0. The Labute approximate surface area is 106 Å². The minimum Gasteiger partial charge on any atom is -0.352 e. The van der Waals surface area contributed by atoms with E-state index in [1.54, 1.807) is 0 Å². The van der Waals surface area contributed by atoms with Crippen LogP contribution in [0.5, 0.6) is 0 Å². The molecular formula is C11H14Cl2N2O. The Morgan fingerprint density at radius 2 is 2.12 bits per heavy atom. The van der Waals surface area contributed by atoms with E-state index in [0.29, 0.717) is 11.6 Å². The average Bonchev–Trinajstić information content (AvgIpc) is 2.14. The summed E-state index contributed by atoms with van der Waals surface area (Å²) in [6.07, 6.45) is 0. The van der Waals surface area contributed by atoms with Gasteiger partial charge >= 0.3 is 0 Å². The van der Waals surface area contributed by atoms with E-state index >= 15 is 0 Å². The van der Waals surface area contributed by atoms with Crippen molar-refractivity contribution in [1.29, 1.82) is 0 Å². The summed E-state index contributed by atoms with van der Waals surface area (Å²) in [5, 5.41) is 6.64. The van der Waals surface area contributed by atoms with E-state index in [9.17, 15) is 4.79 Å². The lowest BCUT2D eigenvalue weighted by molar-refractivity contribution is -0.126. The largest absolute Gasteiger partial charge is 0.352 e. The van der Waals surface area contributed by atoms with Gasteiger partial charge in [-0.15, -0.1) is 12.4 Å². The molecule has 1 aliphatic rings. The molecule has 1 saturated heterocycles. The fourth-order valence-corrected chi connectivity index (χ4v) is 1.65. The Kier molecular flexibility index (Phi) is 5.06. The third-order valence-electron chi connectivity index (χ3n) is 2.56. The third-order valence-corrected chi connectivity index (χ3v) is 2.93. The highest BCUT2D eigenvalue weighted by Gasteiger charge is 2.24. The Morgan fingerprint density at radius 1 is 1.44 bits per heavy atom. The number of carbonyl (C=O) groups excluding carboxylic acids is 1. The molecule has 2 rings (SSSR count). The predicted octanol–water partition coefficient (Wildman–Crippen LogP) is 1.60. The summed E-state index contributed by atoms with van der Waals surface area (Å²) in [4.78, 5) is 11.5. The van der Waals surface area contributed by atoms with Gasteiger partial charge in [0.15, 0.2) is 0 Å². The smallest absolute Gasteiger partial charge is 0.225 e. The van der Waals surface area contributed by atoms with Crippen molar-refractivity contribution in [2.75, 3.05) is 13.1 Å². The van der Waals surface area contributed by atoms with E-state index in [4.69, 9.17) is 11.6 Å². The van der Waals surface area contributed by atoms with Gasteiger partial charge in [-0.05, 0) is 11.6 Å². The molecule has 0 aliphatic carbocycles. The summed E-state index contributed by atoms with van der Waals surface area (Å²) in [6, 6.07) is 7.54. The molecule has 88 valence electrons. The second-order valence-corrected chi connectivity index (χ2v) is 4.07. The molecule has 5 heteroatoms. The molecule has 2 N–H and O–H groups in total. The lowest BCUT2D eigenvalue weighted by Crippen LogP contribution is -2.50. The fraction of sp³-hybridized carbons (Fsp3) is 0.364. The van der Waals surface area contributed by atoms with E-state index in [-0.39, 0.29) is 24.2 Å². The van der Waals surface area contributed by atoms with Crippen LogP contribution in [0.1, 0.15) is 5.56 Å². The average molecular weight is 261 g/mol. The van der Waals surface area contributed by atoms with Crippen LogP contribution in [0, 0.1) is 5.92 Å². The zero-order valence-electron chi connectivity index (χ0n) is 8.70. The van der Waals surface area contributed by atoms with Gasteiger partial charge in [-0.25, -0.2) is 0 Å². The quantitative estimate of drug-likeness (QED) is 0.867. The van der Waals surface area contributed by atoms with Gasteiger partial charge in [0.1, 0.15) is 0 Å². The molecule has 0 spiro atoms. The number of halogens is 2. The number of rotatable bonds is 3. The van der Waals surface area contributed by atoms with E-state index in [1.807, 2.05) is 24.3 Å². The first-order valence-electron chi connectivity index (χ1n) is 4.99. The summed E-state index contributed by atoms with van der Waals surface area (Å²) in [5.74, 6) is 0.237. The molecule has 1 aromatic rings. The molecule has 0 radical (unpaired) electrons. The van der Waals surface area contributed by atoms with Crippen LogP contribution in [0.3, 0.4) is 0 Å². The zero-order chi connectivity index (χ0) is 10.7. The van der Waals surface area contributed by atoms with Crippen molar-refractivity contribution in [2.45, 2.75) is 6.54 Å². The predicted molar refractivity (Wildman–Crippen MR) is 66.9 cm³/mol. The summed E-state index contributed by atoms with van der Waals surface area (Å²) in [7, 11) is 0. The van der Waals surface area contributed by atoms with Crippen molar-refractivity contribution in [3.05, 3.63) is 34.9 Å². The van der Waals surface area contributed by atoms with Crippen LogP contribution in [0.2, 0.25) is 5.02 Å². The van der Waals surface area contributed by atoms with Crippen LogP contribution in [0.4, 0.5) is 0 Å². The third kappa shape index (κ3) is 3.11. The van der Waals surface area contributed by atoms with E-state index in [1.165, 1.54) is 0 Å². The lowest BCUT2D eigenvalue weighted by Gasteiger charge is -2.25. The Bertz CT molecular complexity index is 367. The number of amides is 1. The van der Waals surface area contributed by atoms with Crippen LogP contribution in [0.15, 0.2) is 24.3 Å². The minimum atomic E-state index is 0. The van der Waals surface area contributed by atoms with Gasteiger partial charge in [0, 0.05) is 24.7 Å². The van der Waals surface area contributed by atoms with Crippen LogP contribution in [-0.2, 0) is 11.3 Å². The van der Waals surface area contributed by atoms with Crippen molar-refractivity contribution >= 4 is 29.9 Å². The van der Waals surface area contributed by atoms with Gasteiger partial charge in [-0.3, -0.25) is 4.79 Å². The molecule has 0 bridgehead atoms. The highest BCUT2D eigenvalue weighted by atomic mass is 35.5. The number of benzene rings is 1. The number of nitrogens with one attached hydrogen (secondary N) is 2. The van der Waals surface area contributed by atoms with Gasteiger partial charge in [0.05, 0.1) is 5.92 Å². The SMILES string of the molecule is Cl.O=C(NCc1ccccc1Cl)C1CNC1. The minimum absolute atomic E-state index is 0. The number of hydrogen-bond donors (Lipinski definition) is 2. The molecule has 0 unspecified atom stereocenters. The first-order chi connectivity index (χ1) is 7.27. The molecule has 1 aromatic carbocycles. The highest BCUT2D eigenvalue weighted by molar-refractivity contribution is 6.31. The molecular weight excluding hydrogens is 247 g/mol. The second-order valence-electron chi connectivity index (χ2n) is 3.66. The van der Waals surface area contributed by atoms with E-state index < -0.39 is 0 Å². The summed E-state index contributed by atoms with van der Waals surface area (Å²) in [5.41, 5.74) is 0.958. The molecule has 3 nitrogen and oxygen atoms in total. The molecule has 0 saturated carbocycles. The maximum atomic E-state index is 11.5. The Hall–Kier alpha value is -0.770. The Morgan fingerprint density at radius 3 is 2.69 bits per heavy atom. The van der Waals surface area contributed by atoms with E-state index in [0.717, 1.165) is 18.7 Å². The lowest BCUT2D eigenvalue weighted by atomic mass is 10.0. The van der Waals surface area contributed by atoms with Crippen molar-refractivity contribution in [3.63, 3.8) is 0 Å². The highest BCUT2D eigenvalue weighted by Crippen LogP contribution is 2.14. The first kappa shape index (κ1) is 13.3. The maximum absolute atomic E-state index is 11.5. The van der Waals surface area contributed by atoms with E-state index in [2.05, 4.69) is 10.6 Å². The van der Waals surface area contributed by atoms with Crippen LogP contribution >= 0.6 is 24.0 Å². The maximum Gasteiger partial charge on any atom is 0.225 e. The van der Waals surface area contributed by atoms with Crippen molar-refractivity contribution < 1.29 is 4.79 Å². The second kappa shape index (κ2) is 6.09. The fourth-order valence-electron chi connectivity index (χ4n) is 1.44. The van der Waals surface area contributed by atoms with Gasteiger partial charge in [-0.1, -0.05) is 29.8 Å². The van der Waals surface area contributed by atoms with Crippen molar-refractivity contribution in [2.24, 2.45) is 5.92 Å². The first-order valence-corrected chi connectivity index (χ1v) is 5.37. The van der Waals surface area contributed by atoms with Crippen molar-refractivity contribution in [3.8, 4) is 0 Å². The van der Waals surface area contributed by atoms with Gasteiger partial charge in [0.2, 0.25) is 5.91 Å². The van der Waals surface area contributed by atoms with Gasteiger partial charge < -0.3 is 10.6 Å². The molecule has 1 amide bonds. The number of carbonyl (C=O) groups is 1. The monoisotopic (exact) mass is 260 g/mol. The summed E-state index contributed by atoms with van der Waals surface area (Å²) >= 11 is 5.97. The molecule has 1 heterocycles. The Balaban J connectivity index is 0.00000128. The van der Waals surface area contributed by atoms with Gasteiger partial charge in [0.25, 0.3) is 0 Å².